The van der Waals surface area contributed by atoms with Gasteiger partial charge in [-0.1, -0.05) is 27.7 Å². The van der Waals surface area contributed by atoms with E-state index in [1.54, 1.807) is 0 Å². The monoisotopic (exact) mass is 207 g/mol. The van der Waals surface area contributed by atoms with E-state index < -0.39 is 0 Å². The van der Waals surface area contributed by atoms with Crippen molar-refractivity contribution in [3.63, 3.8) is 0 Å². The Balaban J connectivity index is 1.77. The van der Waals surface area contributed by atoms with Gasteiger partial charge in [-0.3, -0.25) is 0 Å². The average Bonchev–Trinajstić information content (AvgIpc) is 2.75. The quantitative estimate of drug-likeness (QED) is 0.733. The second-order valence-electron chi connectivity index (χ2n) is 7.15. The van der Waals surface area contributed by atoms with Crippen molar-refractivity contribution in [2.75, 3.05) is 0 Å². The van der Waals surface area contributed by atoms with Crippen molar-refractivity contribution in [2.24, 2.45) is 22.7 Å². The van der Waals surface area contributed by atoms with Crippen LogP contribution in [0.5, 0.6) is 0 Å². The normalized spacial score (nSPS) is 56.0. The maximum absolute atomic E-state index is 3.93. The van der Waals surface area contributed by atoms with Gasteiger partial charge in [0.1, 0.15) is 0 Å². The number of nitrogens with one attached hydrogen (secondary N) is 1. The van der Waals surface area contributed by atoms with E-state index in [2.05, 4.69) is 33.0 Å². The molecule has 3 fully saturated rings. The van der Waals surface area contributed by atoms with E-state index in [1.165, 1.54) is 25.7 Å². The van der Waals surface area contributed by atoms with Gasteiger partial charge in [0.2, 0.25) is 0 Å². The molecule has 0 aromatic heterocycles. The van der Waals surface area contributed by atoms with Crippen molar-refractivity contribution >= 4 is 0 Å². The molecule has 0 aromatic carbocycles. The van der Waals surface area contributed by atoms with Crippen LogP contribution in [0.4, 0.5) is 0 Å². The van der Waals surface area contributed by atoms with Gasteiger partial charge in [-0.15, -0.1) is 0 Å². The highest BCUT2D eigenvalue weighted by Gasteiger charge is 2.61. The van der Waals surface area contributed by atoms with Gasteiger partial charge in [0.15, 0.2) is 0 Å². The van der Waals surface area contributed by atoms with Crippen LogP contribution in [0.2, 0.25) is 0 Å². The lowest BCUT2D eigenvalue weighted by Crippen LogP contribution is -2.45. The Bertz CT molecular complexity index is 283. The van der Waals surface area contributed by atoms with Gasteiger partial charge in [-0.25, -0.2) is 0 Å². The Labute approximate surface area is 94.0 Å². The maximum atomic E-state index is 3.93. The van der Waals surface area contributed by atoms with Crippen LogP contribution in [0.1, 0.15) is 53.4 Å². The van der Waals surface area contributed by atoms with Gasteiger partial charge in [0.05, 0.1) is 0 Å². The van der Waals surface area contributed by atoms with Gasteiger partial charge < -0.3 is 5.32 Å². The molecule has 2 bridgehead atoms. The fourth-order valence-corrected chi connectivity index (χ4v) is 4.27. The molecule has 1 N–H and O–H groups in total. The molecule has 0 radical (unpaired) electrons. The van der Waals surface area contributed by atoms with Crippen molar-refractivity contribution in [3.05, 3.63) is 0 Å². The molecule has 0 amide bonds. The summed E-state index contributed by atoms with van der Waals surface area (Å²) >= 11 is 0. The zero-order chi connectivity index (χ0) is 10.8. The van der Waals surface area contributed by atoms with E-state index in [9.17, 15) is 0 Å². The van der Waals surface area contributed by atoms with Gasteiger partial charge in [-0.05, 0) is 48.3 Å². The fourth-order valence-electron chi connectivity index (χ4n) is 4.27. The van der Waals surface area contributed by atoms with Crippen molar-refractivity contribution in [1.29, 1.82) is 0 Å². The molecule has 3 aliphatic rings. The third-order valence-electron chi connectivity index (χ3n) is 6.32. The summed E-state index contributed by atoms with van der Waals surface area (Å²) in [7, 11) is 0. The molecule has 0 aromatic rings. The van der Waals surface area contributed by atoms with E-state index in [0.29, 0.717) is 10.8 Å². The van der Waals surface area contributed by atoms with E-state index in [-0.39, 0.29) is 0 Å². The predicted octanol–water partition coefficient (Wildman–Crippen LogP) is 3.20. The zero-order valence-corrected chi connectivity index (χ0v) is 10.6. The molecule has 86 valence electrons. The minimum absolute atomic E-state index is 0.569. The maximum Gasteiger partial charge on any atom is 0.0132 e. The number of hydrogen-bond acceptors (Lipinski definition) is 1. The second-order valence-corrected chi connectivity index (χ2v) is 7.15. The predicted molar refractivity (Wildman–Crippen MR) is 63.7 cm³/mol. The molecule has 0 saturated heterocycles. The smallest absolute Gasteiger partial charge is 0.0132 e. The van der Waals surface area contributed by atoms with Crippen LogP contribution in [0.3, 0.4) is 0 Å². The first-order valence-corrected chi connectivity index (χ1v) is 6.71. The summed E-state index contributed by atoms with van der Waals surface area (Å²) in [6.45, 7) is 9.91. The van der Waals surface area contributed by atoms with Crippen LogP contribution in [0.15, 0.2) is 0 Å². The van der Waals surface area contributed by atoms with Gasteiger partial charge in [0.25, 0.3) is 0 Å². The molecule has 5 unspecified atom stereocenters. The lowest BCUT2D eigenvalue weighted by Gasteiger charge is -2.39. The Morgan fingerprint density at radius 3 is 2.20 bits per heavy atom. The first-order valence-electron chi connectivity index (χ1n) is 6.71. The average molecular weight is 207 g/mol. The molecule has 1 nitrogen and oxygen atoms in total. The zero-order valence-electron chi connectivity index (χ0n) is 10.6. The van der Waals surface area contributed by atoms with E-state index in [1.807, 2.05) is 0 Å². The minimum atomic E-state index is 0.569. The van der Waals surface area contributed by atoms with Crippen LogP contribution in [0.25, 0.3) is 0 Å². The van der Waals surface area contributed by atoms with Gasteiger partial charge in [-0.2, -0.15) is 0 Å². The van der Waals surface area contributed by atoms with Crippen molar-refractivity contribution < 1.29 is 0 Å². The lowest BCUT2D eigenvalue weighted by molar-refractivity contribution is 0.120. The molecule has 0 heterocycles. The van der Waals surface area contributed by atoms with Gasteiger partial charge >= 0.3 is 0 Å². The Kier molecular flexibility index (Phi) is 1.89. The first kappa shape index (κ1) is 10.1. The number of fused-ring (bicyclic) bond motifs is 2. The molecule has 3 aliphatic carbocycles. The van der Waals surface area contributed by atoms with Crippen molar-refractivity contribution in [3.8, 4) is 0 Å². The standard InChI is InChI=1S/C14H25N/c1-9-7-11(9)15-12-8-10-5-6-14(12,4)13(10,2)3/h9-12,15H,5-8H2,1-4H3. The van der Waals surface area contributed by atoms with E-state index >= 15 is 0 Å². The highest BCUT2D eigenvalue weighted by Crippen LogP contribution is 2.65. The fraction of sp³-hybridized carbons (Fsp3) is 1.00. The third kappa shape index (κ3) is 1.19. The minimum Gasteiger partial charge on any atom is -0.310 e. The van der Waals surface area contributed by atoms with Crippen molar-refractivity contribution in [1.82, 2.24) is 5.32 Å². The molecule has 15 heavy (non-hydrogen) atoms. The third-order valence-corrected chi connectivity index (χ3v) is 6.32. The Hall–Kier alpha value is -0.0400. The Morgan fingerprint density at radius 1 is 1.13 bits per heavy atom. The summed E-state index contributed by atoms with van der Waals surface area (Å²) in [5.41, 5.74) is 1.14. The van der Waals surface area contributed by atoms with Crippen LogP contribution < -0.4 is 5.32 Å². The van der Waals surface area contributed by atoms with Crippen LogP contribution in [-0.4, -0.2) is 12.1 Å². The van der Waals surface area contributed by atoms with E-state index in [4.69, 9.17) is 0 Å². The summed E-state index contributed by atoms with van der Waals surface area (Å²) in [4.78, 5) is 0. The van der Waals surface area contributed by atoms with Gasteiger partial charge in [0, 0.05) is 12.1 Å². The Morgan fingerprint density at radius 2 is 1.80 bits per heavy atom. The number of hydrogen-bond donors (Lipinski definition) is 1. The number of rotatable bonds is 2. The lowest BCUT2D eigenvalue weighted by atomic mass is 9.69. The second kappa shape index (κ2) is 2.80. The summed E-state index contributed by atoms with van der Waals surface area (Å²) in [6, 6.07) is 1.66. The molecule has 5 atom stereocenters. The van der Waals surface area contributed by atoms with Crippen molar-refractivity contribution in [2.45, 2.75) is 65.5 Å². The van der Waals surface area contributed by atoms with Crippen LogP contribution in [-0.2, 0) is 0 Å². The highest BCUT2D eigenvalue weighted by atomic mass is 15.0. The first-order chi connectivity index (χ1) is 6.95. The summed E-state index contributed by atoms with van der Waals surface area (Å²) in [5.74, 6) is 1.92. The van der Waals surface area contributed by atoms with Crippen LogP contribution in [0, 0.1) is 22.7 Å². The van der Waals surface area contributed by atoms with Crippen LogP contribution >= 0.6 is 0 Å². The molecular weight excluding hydrogens is 182 g/mol. The van der Waals surface area contributed by atoms with E-state index in [0.717, 1.165) is 23.9 Å². The summed E-state index contributed by atoms with van der Waals surface area (Å²) < 4.78 is 0. The molecule has 3 rings (SSSR count). The largest absolute Gasteiger partial charge is 0.310 e. The summed E-state index contributed by atoms with van der Waals surface area (Å²) in [6.07, 6.45) is 5.77. The molecule has 1 heteroatoms. The SMILES string of the molecule is CC1CC1NC1CC2CCC1(C)C2(C)C. The molecule has 0 aliphatic heterocycles. The molecule has 0 spiro atoms. The highest BCUT2D eigenvalue weighted by molar-refractivity contribution is 5.14. The summed E-state index contributed by atoms with van der Waals surface area (Å²) in [5, 5.41) is 3.93. The topological polar surface area (TPSA) is 12.0 Å². The molecule has 3 saturated carbocycles. The molecular formula is C14H25N.